The SMILES string of the molecule is COc1ccc(S(=O)(=O)CC(=O)N(Cc2ccncc2)c2nc3ccc(F)cc3s2)cc1. The normalized spacial score (nSPS) is 11.4. The Kier molecular flexibility index (Phi) is 6.15. The number of pyridine rings is 1. The molecule has 0 saturated carbocycles. The van der Waals surface area contributed by atoms with Crippen molar-refractivity contribution in [3.05, 3.63) is 78.4 Å². The molecule has 32 heavy (non-hydrogen) atoms. The zero-order valence-electron chi connectivity index (χ0n) is 16.9. The number of nitrogens with zero attached hydrogens (tertiary/aromatic N) is 3. The monoisotopic (exact) mass is 471 g/mol. The fraction of sp³-hybridized carbons (Fsp3) is 0.136. The minimum atomic E-state index is -3.91. The number of rotatable bonds is 7. The van der Waals surface area contributed by atoms with Crippen molar-refractivity contribution in [3.8, 4) is 5.75 Å². The van der Waals surface area contributed by atoms with E-state index < -0.39 is 27.3 Å². The van der Waals surface area contributed by atoms with Gasteiger partial charge in [-0.2, -0.15) is 0 Å². The first-order valence-electron chi connectivity index (χ1n) is 9.48. The van der Waals surface area contributed by atoms with Gasteiger partial charge in [0.1, 0.15) is 17.3 Å². The van der Waals surface area contributed by atoms with Crippen LogP contribution in [0.1, 0.15) is 5.56 Å². The van der Waals surface area contributed by atoms with Crippen molar-refractivity contribution < 1.29 is 22.3 Å². The van der Waals surface area contributed by atoms with Gasteiger partial charge >= 0.3 is 0 Å². The molecule has 0 saturated heterocycles. The minimum absolute atomic E-state index is 0.0156. The van der Waals surface area contributed by atoms with Crippen molar-refractivity contribution in [3.63, 3.8) is 0 Å². The van der Waals surface area contributed by atoms with Crippen molar-refractivity contribution in [2.75, 3.05) is 17.8 Å². The summed E-state index contributed by atoms with van der Waals surface area (Å²) in [5.74, 6) is -1.29. The Morgan fingerprint density at radius 3 is 2.50 bits per heavy atom. The van der Waals surface area contributed by atoms with E-state index in [4.69, 9.17) is 4.74 Å². The number of hydrogen-bond acceptors (Lipinski definition) is 7. The summed E-state index contributed by atoms with van der Waals surface area (Å²) in [6, 6.07) is 13.4. The summed E-state index contributed by atoms with van der Waals surface area (Å²) in [5, 5.41) is 0.289. The second-order valence-electron chi connectivity index (χ2n) is 6.88. The molecule has 4 aromatic rings. The summed E-state index contributed by atoms with van der Waals surface area (Å²) < 4.78 is 45.0. The summed E-state index contributed by atoms with van der Waals surface area (Å²) >= 11 is 1.12. The molecule has 164 valence electrons. The van der Waals surface area contributed by atoms with Crippen LogP contribution in [0.2, 0.25) is 0 Å². The lowest BCUT2D eigenvalue weighted by atomic mass is 10.2. The zero-order chi connectivity index (χ0) is 22.7. The number of halogens is 1. The van der Waals surface area contributed by atoms with Crippen molar-refractivity contribution in [1.29, 1.82) is 0 Å². The fourth-order valence-corrected chi connectivity index (χ4v) is 5.25. The van der Waals surface area contributed by atoms with Crippen LogP contribution in [-0.4, -0.2) is 37.2 Å². The van der Waals surface area contributed by atoms with Crippen LogP contribution in [0.4, 0.5) is 9.52 Å². The Labute approximate surface area is 188 Å². The molecule has 0 radical (unpaired) electrons. The number of benzene rings is 2. The highest BCUT2D eigenvalue weighted by molar-refractivity contribution is 7.92. The Balaban J connectivity index is 1.67. The summed E-state index contributed by atoms with van der Waals surface area (Å²) in [7, 11) is -2.43. The Morgan fingerprint density at radius 2 is 1.81 bits per heavy atom. The molecule has 0 aliphatic rings. The molecule has 1 amide bonds. The molecule has 0 aliphatic carbocycles. The summed E-state index contributed by atoms with van der Waals surface area (Å²) in [5.41, 5.74) is 1.28. The minimum Gasteiger partial charge on any atom is -0.497 e. The van der Waals surface area contributed by atoms with Crippen molar-refractivity contribution >= 4 is 42.4 Å². The number of fused-ring (bicyclic) bond motifs is 1. The maximum absolute atomic E-state index is 13.6. The molecule has 0 fully saturated rings. The van der Waals surface area contributed by atoms with Crippen molar-refractivity contribution in [2.24, 2.45) is 0 Å². The third-order valence-corrected chi connectivity index (χ3v) is 7.35. The number of aromatic nitrogens is 2. The first-order chi connectivity index (χ1) is 15.4. The number of thiazole rings is 1. The van der Waals surface area contributed by atoms with Gasteiger partial charge in [-0.05, 0) is 60.2 Å². The molecule has 2 aromatic carbocycles. The van der Waals surface area contributed by atoms with Gasteiger partial charge in [0.15, 0.2) is 15.0 Å². The number of amides is 1. The highest BCUT2D eigenvalue weighted by Gasteiger charge is 2.27. The first-order valence-corrected chi connectivity index (χ1v) is 11.9. The van der Waals surface area contributed by atoms with Gasteiger partial charge in [0, 0.05) is 12.4 Å². The quantitative estimate of drug-likeness (QED) is 0.407. The van der Waals surface area contributed by atoms with E-state index in [0.717, 1.165) is 16.9 Å². The van der Waals surface area contributed by atoms with Crippen molar-refractivity contribution in [2.45, 2.75) is 11.4 Å². The second-order valence-corrected chi connectivity index (χ2v) is 9.88. The number of ether oxygens (including phenoxy) is 1. The van der Waals surface area contributed by atoms with E-state index in [2.05, 4.69) is 9.97 Å². The molecular formula is C22H18FN3O4S2. The van der Waals surface area contributed by atoms with Crippen LogP contribution in [0.25, 0.3) is 10.2 Å². The van der Waals surface area contributed by atoms with Crippen molar-refractivity contribution in [1.82, 2.24) is 9.97 Å². The lowest BCUT2D eigenvalue weighted by Crippen LogP contribution is -2.35. The van der Waals surface area contributed by atoms with E-state index in [-0.39, 0.29) is 16.6 Å². The fourth-order valence-electron chi connectivity index (χ4n) is 3.04. The topological polar surface area (TPSA) is 89.5 Å². The number of carbonyl (C=O) groups excluding carboxylic acids is 1. The first kappa shape index (κ1) is 21.8. The molecule has 0 aliphatic heterocycles. The average molecular weight is 472 g/mol. The van der Waals surface area contributed by atoms with Crippen LogP contribution < -0.4 is 9.64 Å². The standard InChI is InChI=1S/C22H18FN3O4S2/c1-30-17-3-5-18(6-4-17)32(28,29)14-21(27)26(13-15-8-10-24-11-9-15)22-25-19-7-2-16(23)12-20(19)31-22/h2-12H,13-14H2,1H3. The molecule has 2 aromatic heterocycles. The summed E-state index contributed by atoms with van der Waals surface area (Å²) in [6.07, 6.45) is 3.17. The van der Waals surface area contributed by atoms with Gasteiger partial charge in [0.25, 0.3) is 0 Å². The van der Waals surface area contributed by atoms with Crippen LogP contribution in [0, 0.1) is 5.82 Å². The predicted molar refractivity (Wildman–Crippen MR) is 120 cm³/mol. The lowest BCUT2D eigenvalue weighted by molar-refractivity contribution is -0.116. The number of methoxy groups -OCH3 is 1. The van der Waals surface area contributed by atoms with E-state index in [9.17, 15) is 17.6 Å². The average Bonchev–Trinajstić information content (AvgIpc) is 3.20. The van der Waals surface area contributed by atoms with Crippen LogP contribution >= 0.6 is 11.3 Å². The number of sulfone groups is 1. The molecule has 4 rings (SSSR count). The van der Waals surface area contributed by atoms with E-state index in [1.54, 1.807) is 24.5 Å². The molecule has 7 nitrogen and oxygen atoms in total. The van der Waals surface area contributed by atoms with Gasteiger partial charge < -0.3 is 4.74 Å². The molecule has 0 spiro atoms. The third kappa shape index (κ3) is 4.76. The molecule has 2 heterocycles. The summed E-state index contributed by atoms with van der Waals surface area (Å²) in [6.45, 7) is 0.0990. The molecule has 0 unspecified atom stereocenters. The van der Waals surface area contributed by atoms with Gasteiger partial charge in [-0.25, -0.2) is 17.8 Å². The smallest absolute Gasteiger partial charge is 0.244 e. The highest BCUT2D eigenvalue weighted by Crippen LogP contribution is 2.31. The number of hydrogen-bond donors (Lipinski definition) is 0. The van der Waals surface area contributed by atoms with E-state index >= 15 is 0 Å². The molecule has 0 atom stereocenters. The van der Waals surface area contributed by atoms with Crippen LogP contribution in [0.15, 0.2) is 71.9 Å². The third-order valence-electron chi connectivity index (χ3n) is 4.69. The molecular weight excluding hydrogens is 453 g/mol. The maximum atomic E-state index is 13.6. The second kappa shape index (κ2) is 9.01. The molecule has 0 N–H and O–H groups in total. The van der Waals surface area contributed by atoms with E-state index in [1.165, 1.54) is 54.5 Å². The Morgan fingerprint density at radius 1 is 1.09 bits per heavy atom. The molecule has 10 heteroatoms. The van der Waals surface area contributed by atoms with E-state index in [0.29, 0.717) is 16.0 Å². The maximum Gasteiger partial charge on any atom is 0.244 e. The molecule has 0 bridgehead atoms. The van der Waals surface area contributed by atoms with Gasteiger partial charge in [-0.15, -0.1) is 0 Å². The zero-order valence-corrected chi connectivity index (χ0v) is 18.6. The highest BCUT2D eigenvalue weighted by atomic mass is 32.2. The largest absolute Gasteiger partial charge is 0.497 e. The summed E-state index contributed by atoms with van der Waals surface area (Å²) in [4.78, 5) is 22.9. The van der Waals surface area contributed by atoms with Gasteiger partial charge in [-0.1, -0.05) is 11.3 Å². The number of anilines is 1. The number of carbonyl (C=O) groups is 1. The lowest BCUT2D eigenvalue weighted by Gasteiger charge is -2.20. The van der Waals surface area contributed by atoms with Gasteiger partial charge in [-0.3, -0.25) is 14.7 Å². The van der Waals surface area contributed by atoms with E-state index in [1.807, 2.05) is 0 Å². The van der Waals surface area contributed by atoms with Gasteiger partial charge in [0.2, 0.25) is 5.91 Å². The van der Waals surface area contributed by atoms with Gasteiger partial charge in [0.05, 0.1) is 28.8 Å². The van der Waals surface area contributed by atoms with Crippen LogP contribution in [-0.2, 0) is 21.2 Å². The predicted octanol–water partition coefficient (Wildman–Crippen LogP) is 3.85. The Bertz CT molecular complexity index is 1360. The van der Waals surface area contributed by atoms with Crippen LogP contribution in [0.3, 0.4) is 0 Å². The van der Waals surface area contributed by atoms with Crippen LogP contribution in [0.5, 0.6) is 5.75 Å². The Hall–Kier alpha value is -3.37.